The van der Waals surface area contributed by atoms with Gasteiger partial charge in [0.25, 0.3) is 0 Å². The second-order valence-electron chi connectivity index (χ2n) is 15.5. The fourth-order valence-electron chi connectivity index (χ4n) is 8.13. The zero-order valence-electron chi connectivity index (χ0n) is 30.9. The molecule has 4 saturated heterocycles. The molecule has 0 aliphatic carbocycles. The molecule has 4 fully saturated rings. The van der Waals surface area contributed by atoms with E-state index in [0.717, 1.165) is 90.6 Å². The second-order valence-corrected chi connectivity index (χ2v) is 15.5. The van der Waals surface area contributed by atoms with Crippen molar-refractivity contribution in [3.8, 4) is 0 Å². The van der Waals surface area contributed by atoms with Crippen LogP contribution in [0.2, 0.25) is 0 Å². The fraction of sp³-hybridized carbons (Fsp3) is 1.00. The van der Waals surface area contributed by atoms with Crippen LogP contribution in [0.1, 0.15) is 180 Å². The highest BCUT2D eigenvalue weighted by Crippen LogP contribution is 2.34. The monoisotopic (exact) mass is 681 g/mol. The summed E-state index contributed by atoms with van der Waals surface area (Å²) >= 11 is 0. The quantitative estimate of drug-likeness (QED) is 0.0829. The highest BCUT2D eigenvalue weighted by Gasteiger charge is 2.40. The SMILES string of the molecule is N[C@H](CCCCCCCCCCOC1CCCCO1)[C@H]1CC[C@H]([C@H]2CC[C@H]([C@H](N)CCCCCCCCCCOC3CCCCO3)O2)O1. The minimum absolute atomic E-state index is 0.0626. The van der Waals surface area contributed by atoms with Crippen LogP contribution in [0.3, 0.4) is 0 Å². The first kappa shape index (κ1) is 40.5. The lowest BCUT2D eigenvalue weighted by Crippen LogP contribution is -2.38. The molecule has 4 N–H and O–H groups in total. The Morgan fingerprint density at radius 3 is 1.19 bits per heavy atom. The molecule has 0 aromatic heterocycles. The zero-order chi connectivity index (χ0) is 33.5. The molecule has 0 spiro atoms. The van der Waals surface area contributed by atoms with Crippen LogP contribution >= 0.6 is 0 Å². The van der Waals surface area contributed by atoms with Crippen molar-refractivity contribution in [2.45, 2.75) is 229 Å². The average Bonchev–Trinajstić information content (AvgIpc) is 3.81. The molecular weight excluding hydrogens is 604 g/mol. The molecule has 8 atom stereocenters. The van der Waals surface area contributed by atoms with E-state index in [9.17, 15) is 0 Å². The normalized spacial score (nSPS) is 29.4. The standard InChI is InChI=1S/C40H76N2O6/c41-33(21-13-9-5-1-3-7-11-17-29-43-39-23-15-19-31-45-39)35-25-27-37(47-35)38-28-26-36(48-38)34(42)22-14-10-6-2-4-8-12-18-30-44-40-24-16-20-32-46-40/h33-40H,1-32,41-42H2/t33-,34-,35-,36-,37-,38-,39?,40?/m1/s1. The highest BCUT2D eigenvalue weighted by atomic mass is 16.7. The van der Waals surface area contributed by atoms with Gasteiger partial charge in [-0.2, -0.15) is 0 Å². The first-order chi connectivity index (χ1) is 23.7. The van der Waals surface area contributed by atoms with Crippen molar-refractivity contribution in [3.05, 3.63) is 0 Å². The van der Waals surface area contributed by atoms with Crippen LogP contribution < -0.4 is 11.5 Å². The Labute approximate surface area is 294 Å². The van der Waals surface area contributed by atoms with Crippen molar-refractivity contribution in [1.29, 1.82) is 0 Å². The first-order valence-electron chi connectivity index (χ1n) is 21.0. The molecule has 2 unspecified atom stereocenters. The maximum atomic E-state index is 6.61. The van der Waals surface area contributed by atoms with E-state index in [1.54, 1.807) is 0 Å². The molecule has 8 heteroatoms. The Hall–Kier alpha value is -0.320. The molecule has 0 saturated carbocycles. The maximum absolute atomic E-state index is 6.61. The fourth-order valence-corrected chi connectivity index (χ4v) is 8.13. The molecule has 0 aromatic carbocycles. The summed E-state index contributed by atoms with van der Waals surface area (Å²) in [5.41, 5.74) is 13.2. The van der Waals surface area contributed by atoms with Gasteiger partial charge >= 0.3 is 0 Å². The van der Waals surface area contributed by atoms with Crippen LogP contribution in [-0.4, -0.2) is 75.5 Å². The van der Waals surface area contributed by atoms with Gasteiger partial charge in [0.1, 0.15) is 0 Å². The van der Waals surface area contributed by atoms with Crippen molar-refractivity contribution in [2.75, 3.05) is 26.4 Å². The van der Waals surface area contributed by atoms with Gasteiger partial charge in [0, 0.05) is 38.5 Å². The molecule has 4 rings (SSSR count). The van der Waals surface area contributed by atoms with Crippen molar-refractivity contribution in [3.63, 3.8) is 0 Å². The summed E-state index contributed by atoms with van der Waals surface area (Å²) in [7, 11) is 0. The Morgan fingerprint density at radius 2 is 0.812 bits per heavy atom. The average molecular weight is 681 g/mol. The van der Waals surface area contributed by atoms with Gasteiger partial charge in [0.05, 0.1) is 24.4 Å². The number of hydrogen-bond acceptors (Lipinski definition) is 8. The molecule has 0 bridgehead atoms. The van der Waals surface area contributed by atoms with Crippen molar-refractivity contribution >= 4 is 0 Å². The molecule has 4 heterocycles. The van der Waals surface area contributed by atoms with Gasteiger partial charge in [0.2, 0.25) is 0 Å². The molecule has 0 radical (unpaired) electrons. The predicted octanol–water partition coefficient (Wildman–Crippen LogP) is 8.84. The third kappa shape index (κ3) is 16.8. The molecule has 4 aliphatic rings. The van der Waals surface area contributed by atoms with E-state index in [-0.39, 0.29) is 49.1 Å². The molecule has 48 heavy (non-hydrogen) atoms. The van der Waals surface area contributed by atoms with Crippen LogP contribution in [-0.2, 0) is 28.4 Å². The van der Waals surface area contributed by atoms with Gasteiger partial charge in [-0.05, 0) is 89.9 Å². The molecule has 0 amide bonds. The van der Waals surface area contributed by atoms with Crippen molar-refractivity contribution in [2.24, 2.45) is 11.5 Å². The molecule has 4 aliphatic heterocycles. The lowest BCUT2D eigenvalue weighted by molar-refractivity contribution is -0.163. The Morgan fingerprint density at radius 1 is 0.438 bits per heavy atom. The maximum Gasteiger partial charge on any atom is 0.157 e. The van der Waals surface area contributed by atoms with Gasteiger partial charge in [-0.25, -0.2) is 0 Å². The number of ether oxygens (including phenoxy) is 6. The Balaban J connectivity index is 0.901. The summed E-state index contributed by atoms with van der Waals surface area (Å²) in [6.45, 7) is 3.43. The van der Waals surface area contributed by atoms with Crippen LogP contribution in [0.15, 0.2) is 0 Å². The third-order valence-corrected chi connectivity index (χ3v) is 11.3. The number of nitrogens with two attached hydrogens (primary N) is 2. The summed E-state index contributed by atoms with van der Waals surface area (Å²) < 4.78 is 35.9. The van der Waals surface area contributed by atoms with Gasteiger partial charge in [0.15, 0.2) is 12.6 Å². The Bertz CT molecular complexity index is 702. The van der Waals surface area contributed by atoms with Crippen LogP contribution in [0.25, 0.3) is 0 Å². The minimum atomic E-state index is 0.0626. The molecule has 0 aromatic rings. The van der Waals surface area contributed by atoms with Gasteiger partial charge in [-0.15, -0.1) is 0 Å². The summed E-state index contributed by atoms with van der Waals surface area (Å²) in [6, 6.07) is 0.302. The van der Waals surface area contributed by atoms with E-state index >= 15 is 0 Å². The number of unbranched alkanes of at least 4 members (excludes halogenated alkanes) is 14. The summed E-state index contributed by atoms with van der Waals surface area (Å²) in [4.78, 5) is 0. The summed E-state index contributed by atoms with van der Waals surface area (Å²) in [5, 5.41) is 0. The highest BCUT2D eigenvalue weighted by molar-refractivity contribution is 4.91. The smallest absolute Gasteiger partial charge is 0.157 e. The Kier molecular flexibility index (Phi) is 21.6. The minimum Gasteiger partial charge on any atom is -0.371 e. The largest absolute Gasteiger partial charge is 0.371 e. The second kappa shape index (κ2) is 25.6. The van der Waals surface area contributed by atoms with E-state index < -0.39 is 0 Å². The third-order valence-electron chi connectivity index (χ3n) is 11.3. The molecule has 8 nitrogen and oxygen atoms in total. The zero-order valence-corrected chi connectivity index (χ0v) is 30.9. The molecular formula is C40H76N2O6. The summed E-state index contributed by atoms with van der Waals surface area (Å²) in [5.74, 6) is 0. The van der Waals surface area contributed by atoms with Crippen molar-refractivity contribution < 1.29 is 28.4 Å². The van der Waals surface area contributed by atoms with Gasteiger partial charge in [-0.1, -0.05) is 89.9 Å². The molecule has 282 valence electrons. The predicted molar refractivity (Wildman–Crippen MR) is 194 cm³/mol. The van der Waals surface area contributed by atoms with Crippen molar-refractivity contribution in [1.82, 2.24) is 0 Å². The van der Waals surface area contributed by atoms with E-state index in [1.165, 1.54) is 116 Å². The van der Waals surface area contributed by atoms with Gasteiger partial charge < -0.3 is 39.9 Å². The van der Waals surface area contributed by atoms with Crippen LogP contribution in [0, 0.1) is 0 Å². The number of hydrogen-bond donors (Lipinski definition) is 2. The summed E-state index contributed by atoms with van der Waals surface area (Å²) in [6.07, 6.45) is 34.8. The van der Waals surface area contributed by atoms with Crippen LogP contribution in [0.5, 0.6) is 0 Å². The van der Waals surface area contributed by atoms with E-state index in [4.69, 9.17) is 39.9 Å². The van der Waals surface area contributed by atoms with E-state index in [2.05, 4.69) is 0 Å². The van der Waals surface area contributed by atoms with Gasteiger partial charge in [-0.3, -0.25) is 0 Å². The topological polar surface area (TPSA) is 107 Å². The van der Waals surface area contributed by atoms with E-state index in [0.29, 0.717) is 0 Å². The number of rotatable bonds is 27. The lowest BCUT2D eigenvalue weighted by atomic mass is 9.99. The van der Waals surface area contributed by atoms with Crippen LogP contribution in [0.4, 0.5) is 0 Å². The first-order valence-corrected chi connectivity index (χ1v) is 21.0. The lowest BCUT2D eigenvalue weighted by Gasteiger charge is -2.25. The van der Waals surface area contributed by atoms with E-state index in [1.807, 2.05) is 0 Å².